The van der Waals surface area contributed by atoms with Gasteiger partial charge in [-0.15, -0.1) is 24.0 Å². The molecule has 0 aromatic heterocycles. The lowest BCUT2D eigenvalue weighted by atomic mass is 10.1. The summed E-state index contributed by atoms with van der Waals surface area (Å²) in [5.41, 5.74) is 2.50. The third-order valence-corrected chi connectivity index (χ3v) is 4.19. The molecule has 0 unspecified atom stereocenters. The van der Waals surface area contributed by atoms with E-state index < -0.39 is 0 Å². The Kier molecular flexibility index (Phi) is 7.80. The van der Waals surface area contributed by atoms with Gasteiger partial charge in [0.1, 0.15) is 0 Å². The molecule has 0 aliphatic heterocycles. The first-order valence-electron chi connectivity index (χ1n) is 8.79. The van der Waals surface area contributed by atoms with Crippen LogP contribution in [0.1, 0.15) is 36.8 Å². The lowest BCUT2D eigenvalue weighted by Gasteiger charge is -2.13. The topological polar surface area (TPSA) is 72.8 Å². The van der Waals surface area contributed by atoms with Crippen LogP contribution in [-0.2, 0) is 13.1 Å². The first kappa shape index (κ1) is 19.8. The van der Waals surface area contributed by atoms with Gasteiger partial charge >= 0.3 is 0 Å². The SMILES string of the molecule is CN=C(NCc1cccc(CNC(=NC)NC2CC2)c1)NC1CC1.I. The molecule has 2 saturated carbocycles. The van der Waals surface area contributed by atoms with Gasteiger partial charge in [-0.25, -0.2) is 0 Å². The van der Waals surface area contributed by atoms with Gasteiger partial charge < -0.3 is 21.3 Å². The zero-order valence-corrected chi connectivity index (χ0v) is 17.3. The van der Waals surface area contributed by atoms with E-state index in [4.69, 9.17) is 0 Å². The predicted molar refractivity (Wildman–Crippen MR) is 115 cm³/mol. The maximum Gasteiger partial charge on any atom is 0.191 e. The fourth-order valence-electron chi connectivity index (χ4n) is 2.45. The van der Waals surface area contributed by atoms with Crippen molar-refractivity contribution < 1.29 is 0 Å². The summed E-state index contributed by atoms with van der Waals surface area (Å²) < 4.78 is 0. The average Bonchev–Trinajstić information content (AvgIpc) is 3.51. The van der Waals surface area contributed by atoms with E-state index in [0.717, 1.165) is 25.0 Å². The smallest absolute Gasteiger partial charge is 0.191 e. The highest BCUT2D eigenvalue weighted by molar-refractivity contribution is 14.0. The predicted octanol–water partition coefficient (Wildman–Crippen LogP) is 1.96. The second-order valence-electron chi connectivity index (χ2n) is 6.51. The number of nitrogens with zero attached hydrogens (tertiary/aromatic N) is 2. The second kappa shape index (κ2) is 9.84. The van der Waals surface area contributed by atoms with E-state index in [1.54, 1.807) is 0 Å². The van der Waals surface area contributed by atoms with Crippen LogP contribution in [-0.4, -0.2) is 38.1 Å². The molecule has 0 radical (unpaired) electrons. The van der Waals surface area contributed by atoms with Gasteiger partial charge in [-0.2, -0.15) is 0 Å². The van der Waals surface area contributed by atoms with Crippen LogP contribution in [0.15, 0.2) is 34.3 Å². The fourth-order valence-corrected chi connectivity index (χ4v) is 2.45. The number of nitrogens with one attached hydrogen (secondary N) is 4. The first-order chi connectivity index (χ1) is 11.8. The minimum absolute atomic E-state index is 0. The highest BCUT2D eigenvalue weighted by Crippen LogP contribution is 2.18. The Bertz CT molecular complexity index is 558. The summed E-state index contributed by atoms with van der Waals surface area (Å²) in [5, 5.41) is 13.6. The summed E-state index contributed by atoms with van der Waals surface area (Å²) in [6, 6.07) is 9.81. The average molecular weight is 456 g/mol. The van der Waals surface area contributed by atoms with Crippen LogP contribution in [0.5, 0.6) is 0 Å². The van der Waals surface area contributed by atoms with Crippen molar-refractivity contribution in [3.8, 4) is 0 Å². The Morgan fingerprint density at radius 1 is 0.880 bits per heavy atom. The number of rotatable bonds is 6. The zero-order valence-electron chi connectivity index (χ0n) is 15.0. The van der Waals surface area contributed by atoms with Gasteiger partial charge in [-0.3, -0.25) is 9.98 Å². The molecule has 3 rings (SSSR count). The van der Waals surface area contributed by atoms with Crippen LogP contribution in [0.3, 0.4) is 0 Å². The molecule has 1 aromatic carbocycles. The van der Waals surface area contributed by atoms with Crippen molar-refractivity contribution in [1.29, 1.82) is 0 Å². The van der Waals surface area contributed by atoms with E-state index >= 15 is 0 Å². The van der Waals surface area contributed by atoms with Crippen LogP contribution in [0.25, 0.3) is 0 Å². The minimum atomic E-state index is 0. The normalized spacial score (nSPS) is 17.5. The van der Waals surface area contributed by atoms with Crippen LogP contribution in [0, 0.1) is 0 Å². The van der Waals surface area contributed by atoms with Crippen molar-refractivity contribution in [2.75, 3.05) is 14.1 Å². The summed E-state index contributed by atoms with van der Waals surface area (Å²) in [4.78, 5) is 8.54. The molecule has 4 N–H and O–H groups in total. The lowest BCUT2D eigenvalue weighted by molar-refractivity contribution is 0.795. The molecular weight excluding hydrogens is 427 g/mol. The summed E-state index contributed by atoms with van der Waals surface area (Å²) in [5.74, 6) is 1.77. The van der Waals surface area contributed by atoms with Gasteiger partial charge in [0.05, 0.1) is 0 Å². The Morgan fingerprint density at radius 2 is 1.32 bits per heavy atom. The van der Waals surface area contributed by atoms with Crippen molar-refractivity contribution in [3.05, 3.63) is 35.4 Å². The molecule has 0 amide bonds. The van der Waals surface area contributed by atoms with Gasteiger partial charge in [0.2, 0.25) is 0 Å². The van der Waals surface area contributed by atoms with Crippen LogP contribution in [0.2, 0.25) is 0 Å². The largest absolute Gasteiger partial charge is 0.354 e. The Balaban J connectivity index is 0.00000225. The highest BCUT2D eigenvalue weighted by Gasteiger charge is 2.22. The van der Waals surface area contributed by atoms with Gasteiger partial charge in [0.15, 0.2) is 11.9 Å². The minimum Gasteiger partial charge on any atom is -0.354 e. The molecule has 0 saturated heterocycles. The Morgan fingerprint density at radius 3 is 1.68 bits per heavy atom. The fraction of sp³-hybridized carbons (Fsp3) is 0.556. The molecule has 1 aromatic rings. The van der Waals surface area contributed by atoms with Crippen LogP contribution < -0.4 is 21.3 Å². The Labute approximate surface area is 167 Å². The number of benzene rings is 1. The van der Waals surface area contributed by atoms with E-state index in [2.05, 4.69) is 55.5 Å². The number of hydrogen-bond acceptors (Lipinski definition) is 2. The van der Waals surface area contributed by atoms with Gasteiger partial charge in [0.25, 0.3) is 0 Å². The van der Waals surface area contributed by atoms with Gasteiger partial charge in [0, 0.05) is 39.3 Å². The standard InChI is InChI=1S/C18H28N6.HI/c1-19-17(23-15-6-7-15)21-11-13-4-3-5-14(10-13)12-22-18(20-2)24-16-8-9-16;/h3-5,10,15-16H,6-9,11-12H2,1-2H3,(H2,19,21,23)(H2,20,22,24);1H. The number of hydrogen-bond donors (Lipinski definition) is 4. The Hall–Kier alpha value is -1.51. The van der Waals surface area contributed by atoms with E-state index in [-0.39, 0.29) is 24.0 Å². The first-order valence-corrected chi connectivity index (χ1v) is 8.79. The number of guanidine groups is 2. The number of aliphatic imine (C=N–C) groups is 2. The van der Waals surface area contributed by atoms with Crippen molar-refractivity contribution in [2.24, 2.45) is 9.98 Å². The molecule has 7 heteroatoms. The van der Waals surface area contributed by atoms with E-state index in [9.17, 15) is 0 Å². The summed E-state index contributed by atoms with van der Waals surface area (Å²) in [6.07, 6.45) is 4.99. The molecule has 2 aliphatic carbocycles. The quantitative estimate of drug-likeness (QED) is 0.300. The van der Waals surface area contributed by atoms with Gasteiger partial charge in [-0.1, -0.05) is 24.3 Å². The van der Waals surface area contributed by atoms with Crippen molar-refractivity contribution in [3.63, 3.8) is 0 Å². The maximum atomic E-state index is 4.27. The molecule has 6 nitrogen and oxygen atoms in total. The summed E-state index contributed by atoms with van der Waals surface area (Å²) >= 11 is 0. The molecular formula is C18H29IN6. The summed E-state index contributed by atoms with van der Waals surface area (Å²) in [6.45, 7) is 1.55. The van der Waals surface area contributed by atoms with Crippen molar-refractivity contribution >= 4 is 35.9 Å². The summed E-state index contributed by atoms with van der Waals surface area (Å²) in [7, 11) is 3.63. The third kappa shape index (κ3) is 7.09. The van der Waals surface area contributed by atoms with Crippen LogP contribution >= 0.6 is 24.0 Å². The van der Waals surface area contributed by atoms with E-state index in [0.29, 0.717) is 12.1 Å². The molecule has 0 atom stereocenters. The molecule has 0 heterocycles. The van der Waals surface area contributed by atoms with Crippen molar-refractivity contribution in [1.82, 2.24) is 21.3 Å². The van der Waals surface area contributed by atoms with Gasteiger partial charge in [-0.05, 0) is 36.8 Å². The highest BCUT2D eigenvalue weighted by atomic mass is 127. The monoisotopic (exact) mass is 456 g/mol. The zero-order chi connectivity index (χ0) is 16.8. The maximum absolute atomic E-state index is 4.27. The van der Waals surface area contributed by atoms with Crippen molar-refractivity contribution in [2.45, 2.75) is 50.9 Å². The molecule has 0 spiro atoms. The van der Waals surface area contributed by atoms with E-state index in [1.165, 1.54) is 36.8 Å². The van der Waals surface area contributed by atoms with E-state index in [1.807, 2.05) is 14.1 Å². The number of halogens is 1. The molecule has 2 fully saturated rings. The molecule has 25 heavy (non-hydrogen) atoms. The molecule has 0 bridgehead atoms. The lowest BCUT2D eigenvalue weighted by Crippen LogP contribution is -2.38. The second-order valence-corrected chi connectivity index (χ2v) is 6.51. The molecule has 138 valence electrons. The molecule has 2 aliphatic rings. The third-order valence-electron chi connectivity index (χ3n) is 4.19. The van der Waals surface area contributed by atoms with Crippen LogP contribution in [0.4, 0.5) is 0 Å².